The number of aliphatic hydroxyl groups excluding tert-OH is 1. The lowest BCUT2D eigenvalue weighted by atomic mass is 9.86. The van der Waals surface area contributed by atoms with Crippen LogP contribution in [-0.4, -0.2) is 45.1 Å². The Kier molecular flexibility index (Phi) is 4.80. The third-order valence-corrected chi connectivity index (χ3v) is 6.51. The van der Waals surface area contributed by atoms with Gasteiger partial charge < -0.3 is 19.9 Å². The van der Waals surface area contributed by atoms with Gasteiger partial charge in [-0.1, -0.05) is 25.8 Å². The van der Waals surface area contributed by atoms with E-state index in [1.54, 1.807) is 22.5 Å². The van der Waals surface area contributed by atoms with E-state index in [2.05, 4.69) is 5.32 Å². The quantitative estimate of drug-likeness (QED) is 0.817. The fourth-order valence-corrected chi connectivity index (χ4v) is 5.25. The van der Waals surface area contributed by atoms with Crippen molar-refractivity contribution in [1.82, 2.24) is 14.8 Å². The van der Waals surface area contributed by atoms with Crippen LogP contribution in [0.5, 0.6) is 0 Å². The van der Waals surface area contributed by atoms with E-state index < -0.39 is 12.0 Å². The summed E-state index contributed by atoms with van der Waals surface area (Å²) in [5.41, 5.74) is 0.572. The number of rotatable bonds is 4. The van der Waals surface area contributed by atoms with Gasteiger partial charge in [-0.25, -0.2) is 0 Å². The number of hydrogen-bond acceptors (Lipinski definition) is 4. The van der Waals surface area contributed by atoms with Crippen LogP contribution in [0, 0.1) is 11.8 Å². The normalized spacial score (nSPS) is 29.6. The molecule has 4 rings (SSSR count). The number of pyridine rings is 1. The lowest BCUT2D eigenvalue weighted by Crippen LogP contribution is -2.48. The molecular weight excluding hydrogens is 346 g/mol. The fraction of sp³-hybridized carbons (Fsp3) is 0.650. The van der Waals surface area contributed by atoms with Gasteiger partial charge in [-0.3, -0.25) is 14.4 Å². The molecule has 0 aromatic carbocycles. The highest BCUT2D eigenvalue weighted by Crippen LogP contribution is 2.48. The molecular formula is C20H27N3O4. The van der Waals surface area contributed by atoms with Gasteiger partial charge >= 0.3 is 0 Å². The Labute approximate surface area is 158 Å². The van der Waals surface area contributed by atoms with Crippen molar-refractivity contribution in [2.24, 2.45) is 11.8 Å². The minimum Gasteiger partial charge on any atom is -0.396 e. The molecule has 1 saturated heterocycles. The average molecular weight is 373 g/mol. The minimum absolute atomic E-state index is 0.0397. The predicted octanol–water partition coefficient (Wildman–Crippen LogP) is 0.807. The Bertz CT molecular complexity index is 799. The molecule has 2 amide bonds. The number of aromatic nitrogens is 1. The SMILES string of the molecule is CCC(=O)N1[C@@H]2Cn3c(cccc3=O)[C@H]1[C@@H](C(=O)NC1CCCC1)[C@@H]2CO. The smallest absolute Gasteiger partial charge is 0.250 e. The molecule has 3 aliphatic rings. The fourth-order valence-electron chi connectivity index (χ4n) is 5.25. The molecule has 0 unspecified atom stereocenters. The van der Waals surface area contributed by atoms with Gasteiger partial charge in [-0.2, -0.15) is 0 Å². The first-order valence-electron chi connectivity index (χ1n) is 9.99. The number of nitrogens with zero attached hydrogens (tertiary/aromatic N) is 2. The van der Waals surface area contributed by atoms with Crippen LogP contribution in [0.15, 0.2) is 23.0 Å². The van der Waals surface area contributed by atoms with Gasteiger partial charge in [0.15, 0.2) is 0 Å². The number of nitrogens with one attached hydrogen (secondary N) is 1. The molecule has 7 nitrogen and oxygen atoms in total. The first-order chi connectivity index (χ1) is 13.1. The molecule has 2 bridgehead atoms. The van der Waals surface area contributed by atoms with Crippen molar-refractivity contribution in [1.29, 1.82) is 0 Å². The number of aliphatic hydroxyl groups is 1. The molecule has 27 heavy (non-hydrogen) atoms. The van der Waals surface area contributed by atoms with Crippen molar-refractivity contribution in [2.75, 3.05) is 6.61 Å². The predicted molar refractivity (Wildman–Crippen MR) is 98.8 cm³/mol. The van der Waals surface area contributed by atoms with Crippen molar-refractivity contribution in [3.05, 3.63) is 34.2 Å². The van der Waals surface area contributed by atoms with Crippen LogP contribution in [-0.2, 0) is 16.1 Å². The van der Waals surface area contributed by atoms with E-state index in [1.807, 2.05) is 6.07 Å². The van der Waals surface area contributed by atoms with Gasteiger partial charge in [-0.05, 0) is 18.9 Å². The van der Waals surface area contributed by atoms with E-state index in [0.29, 0.717) is 18.7 Å². The van der Waals surface area contributed by atoms with Gasteiger partial charge in [0.1, 0.15) is 0 Å². The van der Waals surface area contributed by atoms with E-state index >= 15 is 0 Å². The summed E-state index contributed by atoms with van der Waals surface area (Å²) in [7, 11) is 0. The average Bonchev–Trinajstić information content (AvgIpc) is 3.25. The van der Waals surface area contributed by atoms with E-state index in [9.17, 15) is 19.5 Å². The van der Waals surface area contributed by atoms with E-state index in [-0.39, 0.29) is 42.0 Å². The highest BCUT2D eigenvalue weighted by atomic mass is 16.3. The molecule has 0 radical (unpaired) electrons. The largest absolute Gasteiger partial charge is 0.396 e. The highest BCUT2D eigenvalue weighted by Gasteiger charge is 2.57. The van der Waals surface area contributed by atoms with Crippen LogP contribution < -0.4 is 10.9 Å². The standard InChI is InChI=1S/C20H27N3O4/c1-2-16(25)23-15-10-22-14(8-5-9-17(22)26)19(23)18(13(15)11-24)20(27)21-12-6-3-4-7-12/h5,8-9,12-13,15,18-19,24H,2-4,6-7,10-11H2,1H3,(H,21,27)/t13-,15-,18+,19+/m1/s1. The Morgan fingerprint density at radius 1 is 1.26 bits per heavy atom. The maximum absolute atomic E-state index is 13.2. The first-order valence-corrected chi connectivity index (χ1v) is 9.99. The van der Waals surface area contributed by atoms with Gasteiger partial charge in [0.05, 0.1) is 18.0 Å². The third-order valence-electron chi connectivity index (χ3n) is 6.51. The monoisotopic (exact) mass is 373 g/mol. The van der Waals surface area contributed by atoms with E-state index in [4.69, 9.17) is 0 Å². The molecule has 1 aliphatic carbocycles. The summed E-state index contributed by atoms with van der Waals surface area (Å²) >= 11 is 0. The Morgan fingerprint density at radius 2 is 2.00 bits per heavy atom. The van der Waals surface area contributed by atoms with Crippen LogP contribution in [0.1, 0.15) is 50.8 Å². The van der Waals surface area contributed by atoms with Gasteiger partial charge in [-0.15, -0.1) is 0 Å². The molecule has 3 heterocycles. The summed E-state index contributed by atoms with van der Waals surface area (Å²) in [5.74, 6) is -1.05. The zero-order valence-corrected chi connectivity index (χ0v) is 15.6. The summed E-state index contributed by atoms with van der Waals surface area (Å²) in [4.78, 5) is 40.1. The number of fused-ring (bicyclic) bond motifs is 4. The molecule has 2 aliphatic heterocycles. The maximum Gasteiger partial charge on any atom is 0.250 e. The number of hydrogen-bond donors (Lipinski definition) is 2. The summed E-state index contributed by atoms with van der Waals surface area (Å²) < 4.78 is 1.67. The molecule has 2 fully saturated rings. The first kappa shape index (κ1) is 18.2. The lowest BCUT2D eigenvalue weighted by Gasteiger charge is -2.38. The molecule has 1 aromatic heterocycles. The summed E-state index contributed by atoms with van der Waals surface area (Å²) in [6.07, 6.45) is 4.51. The second-order valence-electron chi connectivity index (χ2n) is 7.93. The highest BCUT2D eigenvalue weighted by molar-refractivity contribution is 5.84. The molecule has 0 spiro atoms. The van der Waals surface area contributed by atoms with Gasteiger partial charge in [0, 0.05) is 43.3 Å². The topological polar surface area (TPSA) is 91.6 Å². The van der Waals surface area contributed by atoms with Gasteiger partial charge in [0.2, 0.25) is 11.8 Å². The van der Waals surface area contributed by atoms with Crippen molar-refractivity contribution >= 4 is 11.8 Å². The van der Waals surface area contributed by atoms with Crippen LogP contribution in [0.3, 0.4) is 0 Å². The van der Waals surface area contributed by atoms with Gasteiger partial charge in [0.25, 0.3) is 5.56 Å². The molecule has 1 saturated carbocycles. The third kappa shape index (κ3) is 2.88. The molecule has 146 valence electrons. The van der Waals surface area contributed by atoms with Crippen LogP contribution in [0.25, 0.3) is 0 Å². The Balaban J connectivity index is 1.76. The van der Waals surface area contributed by atoms with Crippen molar-refractivity contribution in [3.63, 3.8) is 0 Å². The zero-order valence-electron chi connectivity index (χ0n) is 15.6. The van der Waals surface area contributed by atoms with Crippen molar-refractivity contribution in [3.8, 4) is 0 Å². The Hall–Kier alpha value is -2.15. The van der Waals surface area contributed by atoms with Crippen molar-refractivity contribution < 1.29 is 14.7 Å². The van der Waals surface area contributed by atoms with Crippen LogP contribution in [0.2, 0.25) is 0 Å². The number of carbonyl (C=O) groups is 2. The lowest BCUT2D eigenvalue weighted by molar-refractivity contribution is -0.136. The molecule has 1 aromatic rings. The summed E-state index contributed by atoms with van der Waals surface area (Å²) in [5, 5.41) is 13.3. The minimum atomic E-state index is -0.536. The van der Waals surface area contributed by atoms with Crippen LogP contribution in [0.4, 0.5) is 0 Å². The number of amides is 2. The maximum atomic E-state index is 13.2. The Morgan fingerprint density at radius 3 is 2.67 bits per heavy atom. The zero-order chi connectivity index (χ0) is 19.1. The summed E-state index contributed by atoms with van der Waals surface area (Å²) in [6, 6.07) is 4.35. The van der Waals surface area contributed by atoms with Crippen molar-refractivity contribution in [2.45, 2.75) is 63.7 Å². The summed E-state index contributed by atoms with van der Waals surface area (Å²) in [6.45, 7) is 1.95. The number of carbonyl (C=O) groups excluding carboxylic acids is 2. The molecule has 2 N–H and O–H groups in total. The van der Waals surface area contributed by atoms with E-state index in [1.165, 1.54) is 6.07 Å². The molecule has 4 atom stereocenters. The second-order valence-corrected chi connectivity index (χ2v) is 7.93. The second kappa shape index (κ2) is 7.11. The molecule has 7 heteroatoms. The van der Waals surface area contributed by atoms with Crippen LogP contribution >= 0.6 is 0 Å². The van der Waals surface area contributed by atoms with E-state index in [0.717, 1.165) is 25.7 Å².